The molecule has 2 heterocycles. The minimum atomic E-state index is -0.577. The number of esters is 1. The number of aromatic nitrogens is 2. The highest BCUT2D eigenvalue weighted by atomic mass is 16.6. The Morgan fingerprint density at radius 3 is 2.63 bits per heavy atom. The van der Waals surface area contributed by atoms with Crippen molar-refractivity contribution in [3.05, 3.63) is 72.5 Å². The first-order valence-electron chi connectivity index (χ1n) is 9.67. The lowest BCUT2D eigenvalue weighted by Crippen LogP contribution is -2.34. The molecule has 1 saturated carbocycles. The van der Waals surface area contributed by atoms with E-state index in [1.165, 1.54) is 35.0 Å². The number of nitro groups is 1. The Morgan fingerprint density at radius 2 is 1.97 bits per heavy atom. The molecule has 1 aliphatic carbocycles. The molecule has 1 aliphatic heterocycles. The summed E-state index contributed by atoms with van der Waals surface area (Å²) in [5, 5.41) is 10.8. The Hall–Kier alpha value is -3.27. The van der Waals surface area contributed by atoms with Crippen LogP contribution in [0.2, 0.25) is 0 Å². The van der Waals surface area contributed by atoms with Crippen LogP contribution >= 0.6 is 0 Å². The van der Waals surface area contributed by atoms with E-state index in [2.05, 4.69) is 4.98 Å². The van der Waals surface area contributed by atoms with E-state index in [1.807, 2.05) is 6.92 Å². The minimum absolute atomic E-state index is 0.101. The van der Waals surface area contributed by atoms with Gasteiger partial charge in [0.05, 0.1) is 10.5 Å². The quantitative estimate of drug-likeness (QED) is 0.458. The van der Waals surface area contributed by atoms with Crippen molar-refractivity contribution >= 4 is 11.7 Å². The van der Waals surface area contributed by atoms with Gasteiger partial charge in [0.15, 0.2) is 0 Å². The maximum atomic E-state index is 12.5. The van der Waals surface area contributed by atoms with Crippen molar-refractivity contribution in [2.45, 2.75) is 45.1 Å². The molecule has 158 valence electrons. The summed E-state index contributed by atoms with van der Waals surface area (Å²) in [6.07, 6.45) is 1.27. The third-order valence-electron chi connectivity index (χ3n) is 5.94. The number of nitrogens with zero attached hydrogens (tertiary/aromatic N) is 2. The molecule has 0 spiro atoms. The van der Waals surface area contributed by atoms with Crippen LogP contribution in [0.5, 0.6) is 0 Å². The van der Waals surface area contributed by atoms with E-state index in [1.54, 1.807) is 6.92 Å². The first-order chi connectivity index (χ1) is 14.2. The zero-order valence-corrected chi connectivity index (χ0v) is 16.4. The summed E-state index contributed by atoms with van der Waals surface area (Å²) in [7, 11) is 0. The van der Waals surface area contributed by atoms with Gasteiger partial charge in [0.2, 0.25) is 0 Å². The van der Waals surface area contributed by atoms with Gasteiger partial charge < -0.3 is 9.47 Å². The van der Waals surface area contributed by atoms with E-state index >= 15 is 0 Å². The molecule has 1 aromatic carbocycles. The van der Waals surface area contributed by atoms with Crippen molar-refractivity contribution in [3.63, 3.8) is 0 Å². The van der Waals surface area contributed by atoms with Gasteiger partial charge in [0.25, 0.3) is 11.2 Å². The highest BCUT2D eigenvalue weighted by molar-refractivity contribution is 5.89. The molecule has 2 aromatic rings. The summed E-state index contributed by atoms with van der Waals surface area (Å²) < 4.78 is 13.1. The third kappa shape index (κ3) is 3.54. The number of fused-ring (bicyclic) bond motifs is 1. The van der Waals surface area contributed by atoms with Gasteiger partial charge >= 0.3 is 11.7 Å². The molecule has 2 aliphatic rings. The molecule has 5 atom stereocenters. The summed E-state index contributed by atoms with van der Waals surface area (Å²) in [5.41, 5.74) is -0.451. The van der Waals surface area contributed by atoms with Gasteiger partial charge in [-0.15, -0.1) is 0 Å². The van der Waals surface area contributed by atoms with Gasteiger partial charge in [-0.25, -0.2) is 9.59 Å². The molecule has 2 fully saturated rings. The molecule has 1 aromatic heterocycles. The molecule has 10 nitrogen and oxygen atoms in total. The van der Waals surface area contributed by atoms with E-state index in [4.69, 9.17) is 9.47 Å². The Balaban J connectivity index is 1.50. The van der Waals surface area contributed by atoms with Gasteiger partial charge in [-0.05, 0) is 43.7 Å². The van der Waals surface area contributed by atoms with Crippen LogP contribution in [0.1, 0.15) is 41.9 Å². The number of carbonyl (C=O) groups excluding carboxylic acids is 1. The number of H-pyrrole nitrogens is 1. The first-order valence-corrected chi connectivity index (χ1v) is 9.67. The number of carbonyl (C=O) groups is 1. The molecule has 0 amide bonds. The molecule has 10 heteroatoms. The van der Waals surface area contributed by atoms with Crippen molar-refractivity contribution in [3.8, 4) is 0 Å². The Bertz CT molecular complexity index is 1100. The maximum Gasteiger partial charge on any atom is 0.338 e. The van der Waals surface area contributed by atoms with Crippen LogP contribution in [0.15, 0.2) is 40.1 Å². The summed E-state index contributed by atoms with van der Waals surface area (Å²) in [4.78, 5) is 48.8. The molecular weight excluding hydrogens is 394 g/mol. The van der Waals surface area contributed by atoms with Crippen LogP contribution in [0, 0.1) is 28.9 Å². The second-order valence-corrected chi connectivity index (χ2v) is 7.89. The third-order valence-corrected chi connectivity index (χ3v) is 5.94. The number of rotatable bonds is 4. The molecule has 0 radical (unpaired) electrons. The van der Waals surface area contributed by atoms with E-state index in [9.17, 15) is 24.5 Å². The van der Waals surface area contributed by atoms with Gasteiger partial charge in [0.1, 0.15) is 18.4 Å². The lowest BCUT2D eigenvalue weighted by atomic mass is 9.94. The number of benzene rings is 1. The van der Waals surface area contributed by atoms with Crippen molar-refractivity contribution in [2.75, 3.05) is 0 Å². The number of hydrogen-bond donors (Lipinski definition) is 1. The van der Waals surface area contributed by atoms with Gasteiger partial charge in [-0.3, -0.25) is 24.5 Å². The van der Waals surface area contributed by atoms with Crippen LogP contribution in [0.3, 0.4) is 0 Å². The molecule has 1 N–H and O–H groups in total. The monoisotopic (exact) mass is 415 g/mol. The van der Waals surface area contributed by atoms with E-state index in [0.717, 1.165) is 0 Å². The maximum absolute atomic E-state index is 12.5. The lowest BCUT2D eigenvalue weighted by Gasteiger charge is -2.21. The van der Waals surface area contributed by atoms with Gasteiger partial charge in [-0.1, -0.05) is 6.92 Å². The summed E-state index contributed by atoms with van der Waals surface area (Å²) in [5.74, 6) is -0.259. The van der Waals surface area contributed by atoms with Gasteiger partial charge in [-0.2, -0.15) is 0 Å². The number of nitrogens with one attached hydrogen (secondary N) is 1. The van der Waals surface area contributed by atoms with Crippen molar-refractivity contribution in [1.82, 2.24) is 9.55 Å². The second kappa shape index (κ2) is 7.52. The predicted molar refractivity (Wildman–Crippen MR) is 104 cm³/mol. The smallest absolute Gasteiger partial charge is 0.338 e. The fourth-order valence-electron chi connectivity index (χ4n) is 4.32. The zero-order valence-electron chi connectivity index (χ0n) is 16.4. The highest BCUT2D eigenvalue weighted by Gasteiger charge is 2.50. The number of hydrogen-bond acceptors (Lipinski definition) is 7. The van der Waals surface area contributed by atoms with E-state index in [-0.39, 0.29) is 29.2 Å². The molecule has 0 bridgehead atoms. The van der Waals surface area contributed by atoms with Crippen molar-refractivity contribution < 1.29 is 19.2 Å². The van der Waals surface area contributed by atoms with Crippen LogP contribution in [0.4, 0.5) is 5.69 Å². The highest BCUT2D eigenvalue weighted by Crippen LogP contribution is 2.47. The van der Waals surface area contributed by atoms with Crippen molar-refractivity contribution in [1.29, 1.82) is 0 Å². The molecule has 4 rings (SSSR count). The Kier molecular flexibility index (Phi) is 5.02. The minimum Gasteiger partial charge on any atom is -0.456 e. The van der Waals surface area contributed by atoms with E-state index in [0.29, 0.717) is 18.4 Å². The first kappa shape index (κ1) is 20.0. The Labute approximate surface area is 170 Å². The van der Waals surface area contributed by atoms with Gasteiger partial charge in [0, 0.05) is 23.9 Å². The van der Waals surface area contributed by atoms with Crippen LogP contribution in [-0.4, -0.2) is 32.7 Å². The predicted octanol–water partition coefficient (Wildman–Crippen LogP) is 1.92. The van der Waals surface area contributed by atoms with Crippen LogP contribution in [0.25, 0.3) is 0 Å². The summed E-state index contributed by atoms with van der Waals surface area (Å²) in [6, 6.07) is 5.22. The van der Waals surface area contributed by atoms with Crippen molar-refractivity contribution in [2.24, 2.45) is 11.8 Å². The average Bonchev–Trinajstić information content (AvgIpc) is 3.26. The average molecular weight is 415 g/mol. The summed E-state index contributed by atoms with van der Waals surface area (Å²) in [6.45, 7) is 3.66. The van der Waals surface area contributed by atoms with Crippen LogP contribution in [-0.2, 0) is 9.47 Å². The number of nitro benzene ring substituents is 1. The zero-order chi connectivity index (χ0) is 21.6. The number of non-ortho nitro benzene ring substituents is 1. The standard InChI is InChI=1S/C20H21N3O7/c1-10-7-15(29-19(25)12-3-5-13(6-4-12)23(27)28)17-14(10)8-16(30-17)22-9-11(2)18(24)21-20(22)26/h3-6,9-10,14-17H,7-8H2,1-2H3,(H,21,24,26)/t10-,14+,15-,16+,17+/m1/s1. The fraction of sp³-hybridized carbons (Fsp3) is 0.450. The number of aryl methyl sites for hydroxylation is 1. The SMILES string of the molecule is Cc1cn([C@@H]2C[C@@H]3[C@H](O2)[C@H](OC(=O)c2ccc([N+](=O)[O-])cc2)C[C@H]3C)c(=O)[nH]c1=O. The normalized spacial score (nSPS) is 27.6. The number of ether oxygens (including phenoxy) is 2. The largest absolute Gasteiger partial charge is 0.456 e. The lowest BCUT2D eigenvalue weighted by molar-refractivity contribution is -0.384. The molecular formula is C20H21N3O7. The summed E-state index contributed by atoms with van der Waals surface area (Å²) >= 11 is 0. The molecule has 1 saturated heterocycles. The fourth-order valence-corrected chi connectivity index (χ4v) is 4.32. The molecule has 0 unspecified atom stereocenters. The van der Waals surface area contributed by atoms with Crippen LogP contribution < -0.4 is 11.2 Å². The topological polar surface area (TPSA) is 134 Å². The number of aromatic amines is 1. The van der Waals surface area contributed by atoms with E-state index < -0.39 is 34.5 Å². The Morgan fingerprint density at radius 1 is 1.27 bits per heavy atom. The molecule has 30 heavy (non-hydrogen) atoms. The second-order valence-electron chi connectivity index (χ2n) is 7.89.